The molecular weight excluding hydrogens is 298 g/mol. The first kappa shape index (κ1) is 18.3. The number of nitrogen functional groups attached to an aromatic ring is 1. The van der Waals surface area contributed by atoms with Crippen molar-refractivity contribution in [2.75, 3.05) is 24.1 Å². The lowest BCUT2D eigenvalue weighted by molar-refractivity contribution is 0.0534. The van der Waals surface area contributed by atoms with Crippen molar-refractivity contribution in [1.29, 1.82) is 0 Å². The van der Waals surface area contributed by atoms with Gasteiger partial charge < -0.3 is 26.8 Å². The van der Waals surface area contributed by atoms with E-state index in [9.17, 15) is 9.59 Å². The summed E-state index contributed by atoms with van der Waals surface area (Å²) in [4.78, 5) is 26.4. The zero-order valence-electron chi connectivity index (χ0n) is 13.6. The first-order valence-electron chi connectivity index (χ1n) is 7.10. The van der Waals surface area contributed by atoms with Crippen molar-refractivity contribution in [3.8, 4) is 0 Å². The van der Waals surface area contributed by atoms with Crippen LogP contribution in [0.5, 0.6) is 0 Å². The molecule has 0 saturated carbocycles. The van der Waals surface area contributed by atoms with E-state index >= 15 is 0 Å². The summed E-state index contributed by atoms with van der Waals surface area (Å²) in [5, 5.41) is 5.59. The summed E-state index contributed by atoms with van der Waals surface area (Å²) >= 11 is 0. The number of rotatable bonds is 6. The van der Waals surface area contributed by atoms with Gasteiger partial charge >= 0.3 is 6.09 Å². The van der Waals surface area contributed by atoms with Gasteiger partial charge in [0.05, 0.1) is 11.3 Å². The maximum absolute atomic E-state index is 11.4. The summed E-state index contributed by atoms with van der Waals surface area (Å²) < 4.78 is 5.10. The van der Waals surface area contributed by atoms with Gasteiger partial charge in [0.1, 0.15) is 11.4 Å². The van der Waals surface area contributed by atoms with Gasteiger partial charge in [-0.1, -0.05) is 12.2 Å². The molecule has 8 heteroatoms. The number of amides is 2. The summed E-state index contributed by atoms with van der Waals surface area (Å²) in [6.07, 6.45) is 4.46. The second kappa shape index (κ2) is 8.02. The van der Waals surface area contributed by atoms with Gasteiger partial charge in [-0.05, 0) is 26.8 Å². The molecule has 0 atom stereocenters. The minimum Gasteiger partial charge on any atom is -0.444 e. The first-order chi connectivity index (χ1) is 10.7. The van der Waals surface area contributed by atoms with Crippen LogP contribution in [0.4, 0.5) is 16.3 Å². The molecule has 0 aliphatic rings. The highest BCUT2D eigenvalue weighted by molar-refractivity contribution is 5.94. The third-order valence-corrected chi connectivity index (χ3v) is 2.52. The number of pyridine rings is 1. The maximum Gasteiger partial charge on any atom is 0.407 e. The van der Waals surface area contributed by atoms with Gasteiger partial charge in [-0.25, -0.2) is 9.78 Å². The van der Waals surface area contributed by atoms with E-state index in [2.05, 4.69) is 15.6 Å². The van der Waals surface area contributed by atoms with Crippen LogP contribution in [0, 0.1) is 0 Å². The third-order valence-electron chi connectivity index (χ3n) is 2.52. The molecule has 0 bridgehead atoms. The minimum atomic E-state index is -0.580. The van der Waals surface area contributed by atoms with E-state index < -0.39 is 17.6 Å². The SMILES string of the molecule is CC(C)(C)OC(=O)NC/C=C/CNc1ncc(C(N)=O)cc1N. The summed E-state index contributed by atoms with van der Waals surface area (Å²) in [5.41, 5.74) is 11.0. The summed E-state index contributed by atoms with van der Waals surface area (Å²) in [5.74, 6) is -0.122. The van der Waals surface area contributed by atoms with Crippen LogP contribution < -0.4 is 22.1 Å². The van der Waals surface area contributed by atoms with E-state index in [1.54, 1.807) is 32.9 Å². The fourth-order valence-corrected chi connectivity index (χ4v) is 1.54. The number of hydrogen-bond donors (Lipinski definition) is 4. The van der Waals surface area contributed by atoms with Gasteiger partial charge in [0.25, 0.3) is 0 Å². The van der Waals surface area contributed by atoms with E-state index in [1.165, 1.54) is 12.3 Å². The molecule has 6 N–H and O–H groups in total. The predicted octanol–water partition coefficient (Wildman–Crippen LogP) is 1.26. The zero-order valence-corrected chi connectivity index (χ0v) is 13.6. The molecule has 0 fully saturated rings. The molecule has 0 radical (unpaired) electrons. The Kier molecular flexibility index (Phi) is 6.37. The van der Waals surface area contributed by atoms with Crippen molar-refractivity contribution in [3.05, 3.63) is 30.0 Å². The Morgan fingerprint density at radius 2 is 1.96 bits per heavy atom. The van der Waals surface area contributed by atoms with Gasteiger partial charge in [0.15, 0.2) is 0 Å². The lowest BCUT2D eigenvalue weighted by Crippen LogP contribution is -2.32. The zero-order chi connectivity index (χ0) is 17.5. The Hall–Kier alpha value is -2.77. The number of hydrogen-bond acceptors (Lipinski definition) is 6. The molecule has 1 heterocycles. The number of anilines is 2. The van der Waals surface area contributed by atoms with E-state index in [4.69, 9.17) is 16.2 Å². The molecule has 1 aromatic rings. The number of nitrogens with two attached hydrogens (primary N) is 2. The number of ether oxygens (including phenoxy) is 1. The summed E-state index contributed by atoms with van der Waals surface area (Å²) in [6.45, 7) is 6.21. The van der Waals surface area contributed by atoms with Crippen LogP contribution in [0.3, 0.4) is 0 Å². The molecule has 8 nitrogen and oxygen atoms in total. The van der Waals surface area contributed by atoms with Crippen molar-refractivity contribution in [2.24, 2.45) is 5.73 Å². The number of nitrogens with one attached hydrogen (secondary N) is 2. The summed E-state index contributed by atoms with van der Waals surface area (Å²) in [7, 11) is 0. The molecule has 23 heavy (non-hydrogen) atoms. The van der Waals surface area contributed by atoms with Gasteiger partial charge in [-0.15, -0.1) is 0 Å². The van der Waals surface area contributed by atoms with Gasteiger partial charge in [0, 0.05) is 19.3 Å². The molecule has 0 saturated heterocycles. The second-order valence-electron chi connectivity index (χ2n) is 5.76. The standard InChI is InChI=1S/C15H23N5O3/c1-15(2,3)23-14(22)19-7-5-4-6-18-13-11(16)8-10(9-20-13)12(17)21/h4-5,8-9H,6-7,16H2,1-3H3,(H2,17,21)(H,18,20)(H,19,22)/b5-4+. The number of carbonyl (C=O) groups is 2. The van der Waals surface area contributed by atoms with Gasteiger partial charge in [0.2, 0.25) is 5.91 Å². The molecule has 0 spiro atoms. The topological polar surface area (TPSA) is 132 Å². The van der Waals surface area contributed by atoms with Crippen LogP contribution in [-0.4, -0.2) is 35.7 Å². The van der Waals surface area contributed by atoms with Crippen molar-refractivity contribution >= 4 is 23.5 Å². The molecule has 126 valence electrons. The van der Waals surface area contributed by atoms with Gasteiger partial charge in [-0.3, -0.25) is 4.79 Å². The highest BCUT2D eigenvalue weighted by Gasteiger charge is 2.14. The molecule has 0 aliphatic carbocycles. The first-order valence-corrected chi connectivity index (χ1v) is 7.10. The fraction of sp³-hybridized carbons (Fsp3) is 0.400. The van der Waals surface area contributed by atoms with Gasteiger partial charge in [-0.2, -0.15) is 0 Å². The number of carbonyl (C=O) groups excluding carboxylic acids is 2. The molecule has 1 aromatic heterocycles. The third kappa shape index (κ3) is 7.16. The maximum atomic E-state index is 11.4. The molecule has 2 amide bonds. The Bertz CT molecular complexity index is 593. The molecular formula is C15H23N5O3. The van der Waals surface area contributed by atoms with E-state index in [-0.39, 0.29) is 5.56 Å². The van der Waals surface area contributed by atoms with Crippen molar-refractivity contribution < 1.29 is 14.3 Å². The number of alkyl carbamates (subject to hydrolysis) is 1. The minimum absolute atomic E-state index is 0.255. The molecule has 0 aromatic carbocycles. The van der Waals surface area contributed by atoms with Crippen LogP contribution in [0.15, 0.2) is 24.4 Å². The van der Waals surface area contributed by atoms with Crippen molar-refractivity contribution in [2.45, 2.75) is 26.4 Å². The van der Waals surface area contributed by atoms with Crippen LogP contribution in [0.2, 0.25) is 0 Å². The van der Waals surface area contributed by atoms with E-state index in [0.717, 1.165) is 0 Å². The second-order valence-corrected chi connectivity index (χ2v) is 5.76. The van der Waals surface area contributed by atoms with Crippen molar-refractivity contribution in [3.63, 3.8) is 0 Å². The summed E-state index contributed by atoms with van der Waals surface area (Å²) in [6, 6.07) is 1.46. The number of primary amides is 1. The van der Waals surface area contributed by atoms with Crippen LogP contribution >= 0.6 is 0 Å². The normalized spacial score (nSPS) is 11.3. The number of nitrogens with zero attached hydrogens (tertiary/aromatic N) is 1. The Morgan fingerprint density at radius 1 is 1.30 bits per heavy atom. The van der Waals surface area contributed by atoms with Crippen LogP contribution in [0.1, 0.15) is 31.1 Å². The monoisotopic (exact) mass is 321 g/mol. The Balaban J connectivity index is 2.34. The van der Waals surface area contributed by atoms with Crippen molar-refractivity contribution in [1.82, 2.24) is 10.3 Å². The molecule has 1 rings (SSSR count). The molecule has 0 aliphatic heterocycles. The number of aromatic nitrogens is 1. The largest absolute Gasteiger partial charge is 0.444 e. The Morgan fingerprint density at radius 3 is 2.52 bits per heavy atom. The highest BCUT2D eigenvalue weighted by atomic mass is 16.6. The lowest BCUT2D eigenvalue weighted by atomic mass is 10.2. The van der Waals surface area contributed by atoms with E-state index in [1.807, 2.05) is 0 Å². The predicted molar refractivity (Wildman–Crippen MR) is 89.0 cm³/mol. The Labute approximate surface area is 135 Å². The van der Waals surface area contributed by atoms with Crippen LogP contribution in [-0.2, 0) is 4.74 Å². The molecule has 0 unspecified atom stereocenters. The average molecular weight is 321 g/mol. The average Bonchev–Trinajstić information content (AvgIpc) is 2.41. The quantitative estimate of drug-likeness (QED) is 0.583. The lowest BCUT2D eigenvalue weighted by Gasteiger charge is -2.19. The van der Waals surface area contributed by atoms with Crippen LogP contribution in [0.25, 0.3) is 0 Å². The smallest absolute Gasteiger partial charge is 0.407 e. The fourth-order valence-electron chi connectivity index (χ4n) is 1.54. The highest BCUT2D eigenvalue weighted by Crippen LogP contribution is 2.15. The van der Waals surface area contributed by atoms with E-state index in [0.29, 0.717) is 24.6 Å².